The number of rotatable bonds is 8. The van der Waals surface area contributed by atoms with Gasteiger partial charge in [0.05, 0.1) is 0 Å². The van der Waals surface area contributed by atoms with Gasteiger partial charge in [-0.3, -0.25) is 4.79 Å². The number of aliphatic imine (C=N–C) groups is 1. The van der Waals surface area contributed by atoms with Gasteiger partial charge in [-0.2, -0.15) is 0 Å². The Morgan fingerprint density at radius 1 is 1.42 bits per heavy atom. The molecule has 0 radical (unpaired) electrons. The topological polar surface area (TPSA) is 69.2 Å². The lowest BCUT2D eigenvalue weighted by atomic mass is 10.1. The largest absolute Gasteiger partial charge is 0.440 e. The van der Waals surface area contributed by atoms with Crippen molar-refractivity contribution in [1.29, 1.82) is 0 Å². The summed E-state index contributed by atoms with van der Waals surface area (Å²) in [7, 11) is 4.04. The van der Waals surface area contributed by atoms with Gasteiger partial charge in [-0.05, 0) is 57.8 Å². The number of hydrogen-bond donors (Lipinski definition) is 2. The highest BCUT2D eigenvalue weighted by atomic mass is 16.5. The Morgan fingerprint density at radius 3 is 2.85 bits per heavy atom. The molecule has 7 heteroatoms. The van der Waals surface area contributed by atoms with Crippen LogP contribution in [0.1, 0.15) is 12.8 Å². The predicted molar refractivity (Wildman–Crippen MR) is 105 cm³/mol. The number of anilines is 1. The Kier molecular flexibility index (Phi) is 7.37. The zero-order chi connectivity index (χ0) is 18.9. The molecule has 26 heavy (non-hydrogen) atoms. The van der Waals surface area contributed by atoms with E-state index in [1.54, 1.807) is 30.6 Å². The van der Waals surface area contributed by atoms with Crippen molar-refractivity contribution >= 4 is 17.9 Å². The summed E-state index contributed by atoms with van der Waals surface area (Å²) < 4.78 is 5.59. The Balaban J connectivity index is 1.81. The van der Waals surface area contributed by atoms with E-state index in [2.05, 4.69) is 40.8 Å². The lowest BCUT2D eigenvalue weighted by Crippen LogP contribution is -2.47. The molecule has 140 valence electrons. The Morgan fingerprint density at radius 2 is 2.15 bits per heavy atom. The van der Waals surface area contributed by atoms with Crippen LogP contribution in [0, 0.1) is 0 Å². The van der Waals surface area contributed by atoms with Gasteiger partial charge in [-0.15, -0.1) is 0 Å². The summed E-state index contributed by atoms with van der Waals surface area (Å²) in [5, 5.41) is 4.50. The maximum Gasteiger partial charge on any atom is 0.247 e. The van der Waals surface area contributed by atoms with Crippen LogP contribution in [0.25, 0.3) is 0 Å². The molecule has 0 saturated carbocycles. The number of piperidine rings is 1. The minimum atomic E-state index is -0.277. The first-order valence-electron chi connectivity index (χ1n) is 8.58. The third-order valence-corrected chi connectivity index (χ3v) is 4.00. The lowest BCUT2D eigenvalue weighted by molar-refractivity contribution is -0.111. The molecule has 0 aromatic heterocycles. The first-order chi connectivity index (χ1) is 12.5. The van der Waals surface area contributed by atoms with E-state index in [0.29, 0.717) is 17.5 Å². The summed E-state index contributed by atoms with van der Waals surface area (Å²) >= 11 is 0. The van der Waals surface area contributed by atoms with Crippen molar-refractivity contribution in [3.8, 4) is 5.75 Å². The number of hydrogen-bond acceptors (Lipinski definition) is 5. The monoisotopic (exact) mass is 357 g/mol. The fourth-order valence-electron chi connectivity index (χ4n) is 2.60. The van der Waals surface area contributed by atoms with Crippen LogP contribution < -0.4 is 15.5 Å². The quantitative estimate of drug-likeness (QED) is 0.245. The van der Waals surface area contributed by atoms with Gasteiger partial charge in [0.15, 0.2) is 0 Å². The van der Waals surface area contributed by atoms with Crippen LogP contribution in [-0.4, -0.2) is 55.4 Å². The molecule has 2 N–H and O–H groups in total. The van der Waals surface area contributed by atoms with Gasteiger partial charge in [-0.25, -0.2) is 10.4 Å². The van der Waals surface area contributed by atoms with Gasteiger partial charge < -0.3 is 20.0 Å². The predicted octanol–water partition coefficient (Wildman–Crippen LogP) is 2.22. The minimum absolute atomic E-state index is 0.259. The summed E-state index contributed by atoms with van der Waals surface area (Å²) in [5.74, 6) is 0.523. The molecule has 1 aliphatic heterocycles. The van der Waals surface area contributed by atoms with Crippen molar-refractivity contribution in [2.75, 3.05) is 32.5 Å². The Bertz CT molecular complexity index is 666. The summed E-state index contributed by atoms with van der Waals surface area (Å²) in [6.45, 7) is 9.41. The molecule has 0 atom stereocenters. The maximum atomic E-state index is 11.3. The molecule has 0 unspecified atom stereocenters. The number of nitrogens with one attached hydrogen (secondary N) is 2. The van der Waals surface area contributed by atoms with E-state index < -0.39 is 0 Å². The van der Waals surface area contributed by atoms with E-state index in [-0.39, 0.29) is 11.8 Å². The van der Waals surface area contributed by atoms with Gasteiger partial charge in [0, 0.05) is 24.8 Å². The van der Waals surface area contributed by atoms with Crippen LogP contribution in [0.4, 0.5) is 5.69 Å². The van der Waals surface area contributed by atoms with Crippen LogP contribution >= 0.6 is 0 Å². The highest BCUT2D eigenvalue weighted by molar-refractivity contribution is 5.98. The van der Waals surface area contributed by atoms with Crippen LogP contribution in [0.2, 0.25) is 0 Å². The standard InChI is InChI=1S/C19H27N5O2/c1-5-19(25)21-17-7-6-8-18(13-17)26-15(2)20-14-24(4)22-16-9-11-23(3)12-10-16/h5-8,13-14,16,22H,1-2,9-12H2,3-4H3,(H,21,25)/b20-14-. The number of ether oxygens (including phenoxy) is 1. The summed E-state index contributed by atoms with van der Waals surface area (Å²) in [5.41, 5.74) is 4.02. The molecule has 0 spiro atoms. The second-order valence-corrected chi connectivity index (χ2v) is 6.28. The highest BCUT2D eigenvalue weighted by Gasteiger charge is 2.16. The molecule has 0 aliphatic carbocycles. The van der Waals surface area contributed by atoms with Gasteiger partial charge in [0.1, 0.15) is 12.1 Å². The van der Waals surface area contributed by atoms with Gasteiger partial charge in [0.25, 0.3) is 0 Å². The molecule has 1 aliphatic rings. The third kappa shape index (κ3) is 6.70. The molecule has 1 fully saturated rings. The van der Waals surface area contributed by atoms with Gasteiger partial charge in [-0.1, -0.05) is 12.6 Å². The number of carbonyl (C=O) groups is 1. The lowest BCUT2D eigenvalue weighted by Gasteiger charge is -2.31. The molecular formula is C19H27N5O2. The van der Waals surface area contributed by atoms with Gasteiger partial charge in [0.2, 0.25) is 11.8 Å². The SMILES string of the molecule is C=CC(=O)Nc1cccc(OC(=C)/N=C\N(C)NC2CCN(C)CC2)c1. The van der Waals surface area contributed by atoms with Crippen LogP contribution in [0.5, 0.6) is 5.75 Å². The molecule has 1 aromatic rings. The molecule has 1 saturated heterocycles. The average Bonchev–Trinajstić information content (AvgIpc) is 2.62. The maximum absolute atomic E-state index is 11.3. The van der Waals surface area contributed by atoms with Crippen molar-refractivity contribution in [3.05, 3.63) is 49.4 Å². The second-order valence-electron chi connectivity index (χ2n) is 6.28. The van der Waals surface area contributed by atoms with E-state index in [1.807, 2.05) is 12.1 Å². The first-order valence-corrected chi connectivity index (χ1v) is 8.58. The Labute approximate surface area is 155 Å². The summed E-state index contributed by atoms with van der Waals surface area (Å²) in [6.07, 6.45) is 5.07. The molecular weight excluding hydrogens is 330 g/mol. The van der Waals surface area contributed by atoms with Crippen LogP contribution in [0.15, 0.2) is 54.4 Å². The second kappa shape index (κ2) is 9.74. The van der Waals surface area contributed by atoms with E-state index >= 15 is 0 Å². The molecule has 7 nitrogen and oxygen atoms in total. The molecule has 1 aromatic carbocycles. The molecule has 1 amide bonds. The Hall–Kier alpha value is -2.64. The van der Waals surface area contributed by atoms with Crippen molar-refractivity contribution in [2.45, 2.75) is 18.9 Å². The normalized spacial score (nSPS) is 15.6. The smallest absolute Gasteiger partial charge is 0.247 e. The number of likely N-dealkylation sites (tertiary alicyclic amines) is 1. The van der Waals surface area contributed by atoms with E-state index in [1.165, 1.54) is 6.08 Å². The number of nitrogens with zero attached hydrogens (tertiary/aromatic N) is 3. The minimum Gasteiger partial charge on any atom is -0.440 e. The van der Waals surface area contributed by atoms with Gasteiger partial charge >= 0.3 is 0 Å². The summed E-state index contributed by atoms with van der Waals surface area (Å²) in [6, 6.07) is 7.45. The number of hydrazine groups is 1. The summed E-state index contributed by atoms with van der Waals surface area (Å²) in [4.78, 5) is 17.9. The number of amides is 1. The van der Waals surface area contributed by atoms with E-state index in [4.69, 9.17) is 4.74 Å². The van der Waals surface area contributed by atoms with Crippen LogP contribution in [-0.2, 0) is 4.79 Å². The third-order valence-electron chi connectivity index (χ3n) is 4.00. The number of carbonyl (C=O) groups excluding carboxylic acids is 1. The fraction of sp³-hybridized carbons (Fsp3) is 0.368. The zero-order valence-corrected chi connectivity index (χ0v) is 15.4. The zero-order valence-electron chi connectivity index (χ0n) is 15.4. The van der Waals surface area contributed by atoms with Crippen molar-refractivity contribution < 1.29 is 9.53 Å². The average molecular weight is 357 g/mol. The van der Waals surface area contributed by atoms with E-state index in [9.17, 15) is 4.79 Å². The van der Waals surface area contributed by atoms with Crippen molar-refractivity contribution in [3.63, 3.8) is 0 Å². The molecule has 2 rings (SSSR count). The van der Waals surface area contributed by atoms with Crippen LogP contribution in [0.3, 0.4) is 0 Å². The molecule has 0 bridgehead atoms. The fourth-order valence-corrected chi connectivity index (χ4v) is 2.60. The number of benzene rings is 1. The molecule has 1 heterocycles. The highest BCUT2D eigenvalue weighted by Crippen LogP contribution is 2.19. The van der Waals surface area contributed by atoms with Crippen molar-refractivity contribution in [1.82, 2.24) is 15.3 Å². The van der Waals surface area contributed by atoms with E-state index in [0.717, 1.165) is 25.9 Å². The first kappa shape index (κ1) is 19.7. The van der Waals surface area contributed by atoms with Crippen molar-refractivity contribution in [2.24, 2.45) is 4.99 Å².